The molecular formula is C25H30FN3O4. The molecular weight excluding hydrogens is 425 g/mol. The van der Waals surface area contributed by atoms with Crippen molar-refractivity contribution in [3.8, 4) is 11.5 Å². The molecule has 7 nitrogen and oxygen atoms in total. The Bertz CT molecular complexity index is 1030. The Morgan fingerprint density at radius 1 is 1.09 bits per heavy atom. The lowest BCUT2D eigenvalue weighted by molar-refractivity contribution is -0.136. The second-order valence-corrected chi connectivity index (χ2v) is 8.54. The van der Waals surface area contributed by atoms with Crippen LogP contribution in [0.2, 0.25) is 0 Å². The van der Waals surface area contributed by atoms with Gasteiger partial charge < -0.3 is 24.6 Å². The summed E-state index contributed by atoms with van der Waals surface area (Å²) in [6.45, 7) is 3.89. The van der Waals surface area contributed by atoms with Crippen molar-refractivity contribution in [1.82, 2.24) is 15.1 Å². The summed E-state index contributed by atoms with van der Waals surface area (Å²) >= 11 is 0. The van der Waals surface area contributed by atoms with E-state index in [0.29, 0.717) is 49.8 Å². The highest BCUT2D eigenvalue weighted by atomic mass is 19.1. The van der Waals surface area contributed by atoms with Crippen LogP contribution in [0.4, 0.5) is 4.39 Å². The van der Waals surface area contributed by atoms with Gasteiger partial charge in [-0.2, -0.15) is 0 Å². The van der Waals surface area contributed by atoms with Gasteiger partial charge in [-0.15, -0.1) is 0 Å². The molecule has 2 aromatic carbocycles. The predicted octanol–water partition coefficient (Wildman–Crippen LogP) is 2.48. The molecule has 0 saturated carbocycles. The van der Waals surface area contributed by atoms with E-state index in [1.165, 1.54) is 23.8 Å². The summed E-state index contributed by atoms with van der Waals surface area (Å²) in [7, 11) is 3.24. The number of likely N-dealkylation sites (tertiary alicyclic amines) is 1. The number of amides is 2. The number of benzene rings is 2. The molecule has 0 aliphatic carbocycles. The average molecular weight is 456 g/mol. The number of hydrogen-bond donors (Lipinski definition) is 1. The molecule has 1 unspecified atom stereocenters. The second-order valence-electron chi connectivity index (χ2n) is 8.54. The normalized spacial score (nSPS) is 18.0. The van der Waals surface area contributed by atoms with Gasteiger partial charge in [-0.1, -0.05) is 6.07 Å². The molecule has 0 spiro atoms. The monoisotopic (exact) mass is 455 g/mol. The zero-order valence-electron chi connectivity index (χ0n) is 19.1. The van der Waals surface area contributed by atoms with E-state index in [1.54, 1.807) is 20.3 Å². The van der Waals surface area contributed by atoms with Crippen molar-refractivity contribution in [3.05, 3.63) is 58.9 Å². The number of methoxy groups -OCH3 is 2. The third-order valence-electron chi connectivity index (χ3n) is 6.45. The van der Waals surface area contributed by atoms with Crippen LogP contribution in [0, 0.1) is 11.7 Å². The average Bonchev–Trinajstić information content (AvgIpc) is 3.31. The Morgan fingerprint density at radius 2 is 1.85 bits per heavy atom. The molecule has 2 heterocycles. The quantitative estimate of drug-likeness (QED) is 0.695. The fourth-order valence-corrected chi connectivity index (χ4v) is 4.63. The van der Waals surface area contributed by atoms with Gasteiger partial charge in [-0.3, -0.25) is 9.59 Å². The Balaban J connectivity index is 1.27. The van der Waals surface area contributed by atoms with Gasteiger partial charge in [0.05, 0.1) is 20.1 Å². The third kappa shape index (κ3) is 5.27. The first-order valence-corrected chi connectivity index (χ1v) is 11.3. The minimum Gasteiger partial charge on any atom is -0.493 e. The van der Waals surface area contributed by atoms with Crippen LogP contribution in [0.5, 0.6) is 11.5 Å². The molecule has 0 bridgehead atoms. The van der Waals surface area contributed by atoms with Gasteiger partial charge >= 0.3 is 0 Å². The first kappa shape index (κ1) is 23.0. The number of ether oxygens (including phenoxy) is 2. The summed E-state index contributed by atoms with van der Waals surface area (Å²) in [6.07, 6.45) is 1.61. The van der Waals surface area contributed by atoms with Crippen molar-refractivity contribution in [2.75, 3.05) is 46.9 Å². The Kier molecular flexibility index (Phi) is 7.13. The summed E-state index contributed by atoms with van der Waals surface area (Å²) in [5.41, 5.74) is 2.60. The van der Waals surface area contributed by atoms with Crippen LogP contribution in [0.15, 0.2) is 36.4 Å². The maximum Gasteiger partial charge on any atom is 0.251 e. The number of nitrogens with zero attached hydrogens (tertiary/aromatic N) is 2. The minimum atomic E-state index is -0.429. The van der Waals surface area contributed by atoms with Gasteiger partial charge in [0, 0.05) is 38.3 Å². The number of nitrogens with one attached hydrogen (secondary N) is 1. The van der Waals surface area contributed by atoms with Crippen molar-refractivity contribution in [2.45, 2.75) is 19.4 Å². The van der Waals surface area contributed by atoms with Crippen LogP contribution < -0.4 is 14.8 Å². The van der Waals surface area contributed by atoms with Gasteiger partial charge in [0.2, 0.25) is 5.91 Å². The van der Waals surface area contributed by atoms with E-state index in [2.05, 4.69) is 10.2 Å². The standard InChI is InChI=1S/C25H30FN3O4/c1-32-22-13-17-7-10-29(16-20(17)14-23(22)33-2)25(31)19-6-9-28(15-19)11-8-27-24(30)18-4-3-5-21(26)12-18/h3-5,12-14,19H,6-11,15-16H2,1-2H3,(H,27,30). The second kappa shape index (κ2) is 10.2. The fourth-order valence-electron chi connectivity index (χ4n) is 4.63. The van der Waals surface area contributed by atoms with Crippen LogP contribution in [0.3, 0.4) is 0 Å². The van der Waals surface area contributed by atoms with Crippen LogP contribution >= 0.6 is 0 Å². The zero-order chi connectivity index (χ0) is 23.4. The smallest absolute Gasteiger partial charge is 0.251 e. The molecule has 1 fully saturated rings. The van der Waals surface area contributed by atoms with E-state index in [0.717, 1.165) is 24.9 Å². The number of carbonyl (C=O) groups is 2. The summed E-state index contributed by atoms with van der Waals surface area (Å²) < 4.78 is 24.1. The molecule has 1 saturated heterocycles. The Morgan fingerprint density at radius 3 is 2.58 bits per heavy atom. The van der Waals surface area contributed by atoms with E-state index >= 15 is 0 Å². The summed E-state index contributed by atoms with van der Waals surface area (Å²) in [4.78, 5) is 29.5. The molecule has 2 aliphatic rings. The summed E-state index contributed by atoms with van der Waals surface area (Å²) in [5.74, 6) is 0.819. The van der Waals surface area contributed by atoms with Gasteiger partial charge in [0.25, 0.3) is 5.91 Å². The topological polar surface area (TPSA) is 71.1 Å². The highest BCUT2D eigenvalue weighted by molar-refractivity contribution is 5.94. The molecule has 33 heavy (non-hydrogen) atoms. The highest BCUT2D eigenvalue weighted by Gasteiger charge is 2.33. The van der Waals surface area contributed by atoms with E-state index in [4.69, 9.17) is 9.47 Å². The van der Waals surface area contributed by atoms with Crippen LogP contribution in [-0.2, 0) is 17.8 Å². The molecule has 0 radical (unpaired) electrons. The van der Waals surface area contributed by atoms with Gasteiger partial charge in [0.1, 0.15) is 5.82 Å². The predicted molar refractivity (Wildman–Crippen MR) is 122 cm³/mol. The van der Waals surface area contributed by atoms with Crippen molar-refractivity contribution < 1.29 is 23.5 Å². The fraction of sp³-hybridized carbons (Fsp3) is 0.440. The number of carbonyl (C=O) groups excluding carboxylic acids is 2. The third-order valence-corrected chi connectivity index (χ3v) is 6.45. The first-order valence-electron chi connectivity index (χ1n) is 11.3. The van der Waals surface area contributed by atoms with E-state index in [9.17, 15) is 14.0 Å². The lowest BCUT2D eigenvalue weighted by Crippen LogP contribution is -2.41. The van der Waals surface area contributed by atoms with Crippen LogP contribution in [-0.4, -0.2) is 68.6 Å². The molecule has 1 N–H and O–H groups in total. The van der Waals surface area contributed by atoms with Crippen molar-refractivity contribution in [3.63, 3.8) is 0 Å². The summed E-state index contributed by atoms with van der Waals surface area (Å²) in [6, 6.07) is 9.62. The minimum absolute atomic E-state index is 0.0365. The Hall–Kier alpha value is -3.13. The van der Waals surface area contributed by atoms with Gasteiger partial charge in [0.15, 0.2) is 11.5 Å². The van der Waals surface area contributed by atoms with Crippen molar-refractivity contribution >= 4 is 11.8 Å². The van der Waals surface area contributed by atoms with E-state index < -0.39 is 5.82 Å². The lowest BCUT2D eigenvalue weighted by atomic mass is 9.97. The molecule has 0 aromatic heterocycles. The molecule has 4 rings (SSSR count). The molecule has 176 valence electrons. The molecule has 2 aliphatic heterocycles. The largest absolute Gasteiger partial charge is 0.493 e. The first-order chi connectivity index (χ1) is 16.0. The van der Waals surface area contributed by atoms with E-state index in [-0.39, 0.29) is 17.7 Å². The summed E-state index contributed by atoms with van der Waals surface area (Å²) in [5, 5.41) is 2.83. The van der Waals surface area contributed by atoms with Crippen molar-refractivity contribution in [1.29, 1.82) is 0 Å². The highest BCUT2D eigenvalue weighted by Crippen LogP contribution is 2.34. The number of rotatable bonds is 7. The van der Waals surface area contributed by atoms with Crippen LogP contribution in [0.25, 0.3) is 0 Å². The number of halogens is 1. The van der Waals surface area contributed by atoms with Crippen molar-refractivity contribution in [2.24, 2.45) is 5.92 Å². The molecule has 1 atom stereocenters. The van der Waals surface area contributed by atoms with E-state index in [1.807, 2.05) is 17.0 Å². The maximum atomic E-state index is 13.3. The Labute approximate surface area is 193 Å². The zero-order valence-corrected chi connectivity index (χ0v) is 19.1. The van der Waals surface area contributed by atoms with Crippen LogP contribution in [0.1, 0.15) is 27.9 Å². The molecule has 2 aromatic rings. The van der Waals surface area contributed by atoms with Gasteiger partial charge in [-0.25, -0.2) is 4.39 Å². The maximum absolute atomic E-state index is 13.3. The lowest BCUT2D eigenvalue weighted by Gasteiger charge is -2.31. The SMILES string of the molecule is COc1cc2c(cc1OC)CN(C(=O)C1CCN(CCNC(=O)c3cccc(F)c3)C1)CC2. The molecule has 8 heteroatoms. The molecule has 2 amide bonds. The number of hydrogen-bond acceptors (Lipinski definition) is 5. The number of fused-ring (bicyclic) bond motifs is 1. The van der Waals surface area contributed by atoms with Gasteiger partial charge in [-0.05, 0) is 60.8 Å².